The van der Waals surface area contributed by atoms with Gasteiger partial charge in [-0.25, -0.2) is 4.39 Å². The molecule has 0 amide bonds. The van der Waals surface area contributed by atoms with Gasteiger partial charge in [0, 0.05) is 30.7 Å². The molecule has 19 heavy (non-hydrogen) atoms. The summed E-state index contributed by atoms with van der Waals surface area (Å²) < 4.78 is 13.6. The summed E-state index contributed by atoms with van der Waals surface area (Å²) in [6, 6.07) is 7.16. The van der Waals surface area contributed by atoms with Crippen LogP contribution in [0.1, 0.15) is 44.7 Å². The molecule has 0 bridgehead atoms. The van der Waals surface area contributed by atoms with Crippen molar-refractivity contribution in [3.05, 3.63) is 35.6 Å². The third-order valence-corrected chi connectivity index (χ3v) is 3.95. The SMILES string of the molecule is CC(C)N(CCC(N)c1ccccc1F)CC1CC1. The van der Waals surface area contributed by atoms with Gasteiger partial charge in [-0.2, -0.15) is 0 Å². The Morgan fingerprint density at radius 2 is 2.00 bits per heavy atom. The van der Waals surface area contributed by atoms with Crippen LogP contribution in [0.4, 0.5) is 4.39 Å². The molecule has 2 N–H and O–H groups in total. The maximum absolute atomic E-state index is 13.6. The number of hydrogen-bond acceptors (Lipinski definition) is 2. The van der Waals surface area contributed by atoms with Gasteiger partial charge >= 0.3 is 0 Å². The minimum atomic E-state index is -0.207. The van der Waals surface area contributed by atoms with Gasteiger partial charge < -0.3 is 10.6 Å². The van der Waals surface area contributed by atoms with Gasteiger partial charge in [0.25, 0.3) is 0 Å². The van der Waals surface area contributed by atoms with Crippen LogP contribution in [0.2, 0.25) is 0 Å². The Morgan fingerprint density at radius 3 is 2.58 bits per heavy atom. The summed E-state index contributed by atoms with van der Waals surface area (Å²) in [7, 11) is 0. The largest absolute Gasteiger partial charge is 0.324 e. The standard InChI is InChI=1S/C16H25FN2/c1-12(2)19(11-13-7-8-13)10-9-16(18)14-5-3-4-6-15(14)17/h3-6,12-13,16H,7-11,18H2,1-2H3. The van der Waals surface area contributed by atoms with Crippen LogP contribution in [0.3, 0.4) is 0 Å². The van der Waals surface area contributed by atoms with Crippen LogP contribution in [0.5, 0.6) is 0 Å². The molecule has 0 aliphatic heterocycles. The Hall–Kier alpha value is -0.930. The highest BCUT2D eigenvalue weighted by atomic mass is 19.1. The summed E-state index contributed by atoms with van der Waals surface area (Å²) in [4.78, 5) is 2.47. The summed E-state index contributed by atoms with van der Waals surface area (Å²) in [5, 5.41) is 0. The van der Waals surface area contributed by atoms with E-state index < -0.39 is 0 Å². The summed E-state index contributed by atoms with van der Waals surface area (Å²) in [5.74, 6) is 0.695. The van der Waals surface area contributed by atoms with Crippen LogP contribution in [0.25, 0.3) is 0 Å². The molecule has 1 aromatic rings. The molecule has 1 atom stereocenters. The van der Waals surface area contributed by atoms with Crippen molar-refractivity contribution in [1.29, 1.82) is 0 Å². The molecule has 2 nitrogen and oxygen atoms in total. The van der Waals surface area contributed by atoms with Gasteiger partial charge in [0.2, 0.25) is 0 Å². The minimum Gasteiger partial charge on any atom is -0.324 e. The maximum Gasteiger partial charge on any atom is 0.127 e. The number of nitrogens with zero attached hydrogens (tertiary/aromatic N) is 1. The number of benzene rings is 1. The molecule has 0 heterocycles. The van der Waals surface area contributed by atoms with E-state index in [1.807, 2.05) is 6.07 Å². The van der Waals surface area contributed by atoms with Crippen molar-refractivity contribution in [3.63, 3.8) is 0 Å². The van der Waals surface area contributed by atoms with Gasteiger partial charge in [0.1, 0.15) is 5.82 Å². The van der Waals surface area contributed by atoms with E-state index >= 15 is 0 Å². The molecule has 3 heteroatoms. The molecule has 1 aromatic carbocycles. The van der Waals surface area contributed by atoms with Gasteiger partial charge in [0.05, 0.1) is 0 Å². The Balaban J connectivity index is 1.87. The van der Waals surface area contributed by atoms with Gasteiger partial charge in [-0.1, -0.05) is 18.2 Å². The predicted molar refractivity (Wildman–Crippen MR) is 77.4 cm³/mol. The topological polar surface area (TPSA) is 29.3 Å². The van der Waals surface area contributed by atoms with E-state index in [9.17, 15) is 4.39 Å². The predicted octanol–water partition coefficient (Wildman–Crippen LogP) is 3.34. The third-order valence-electron chi connectivity index (χ3n) is 3.95. The lowest BCUT2D eigenvalue weighted by molar-refractivity contribution is 0.205. The first kappa shape index (κ1) is 14.5. The quantitative estimate of drug-likeness (QED) is 0.818. The van der Waals surface area contributed by atoms with E-state index in [0.717, 1.165) is 18.9 Å². The Labute approximate surface area is 115 Å². The van der Waals surface area contributed by atoms with E-state index in [0.29, 0.717) is 11.6 Å². The lowest BCUT2D eigenvalue weighted by Crippen LogP contribution is -2.35. The fourth-order valence-electron chi connectivity index (χ4n) is 2.43. The van der Waals surface area contributed by atoms with Gasteiger partial charge in [-0.05, 0) is 45.1 Å². The zero-order chi connectivity index (χ0) is 13.8. The van der Waals surface area contributed by atoms with Crippen LogP contribution in [-0.4, -0.2) is 24.0 Å². The molecular formula is C16H25FN2. The normalized spacial score (nSPS) is 17.2. The molecule has 1 aliphatic rings. The average molecular weight is 264 g/mol. The van der Waals surface area contributed by atoms with Crippen LogP contribution in [0.15, 0.2) is 24.3 Å². The number of rotatable bonds is 7. The summed E-state index contributed by atoms with van der Waals surface area (Å²) in [5.41, 5.74) is 6.76. The first-order chi connectivity index (χ1) is 9.08. The van der Waals surface area contributed by atoms with Crippen LogP contribution in [0, 0.1) is 11.7 Å². The fourth-order valence-corrected chi connectivity index (χ4v) is 2.43. The number of halogens is 1. The summed E-state index contributed by atoms with van der Waals surface area (Å²) in [6.07, 6.45) is 3.54. The van der Waals surface area contributed by atoms with Crippen molar-refractivity contribution in [3.8, 4) is 0 Å². The lowest BCUT2D eigenvalue weighted by Gasteiger charge is -2.27. The Kier molecular flexibility index (Phi) is 4.94. The highest BCUT2D eigenvalue weighted by Gasteiger charge is 2.25. The molecule has 1 aliphatic carbocycles. The highest BCUT2D eigenvalue weighted by molar-refractivity contribution is 5.20. The van der Waals surface area contributed by atoms with Gasteiger partial charge in [0.15, 0.2) is 0 Å². The van der Waals surface area contributed by atoms with Gasteiger partial charge in [-0.15, -0.1) is 0 Å². The van der Waals surface area contributed by atoms with Crippen LogP contribution < -0.4 is 5.73 Å². The minimum absolute atomic E-state index is 0.187. The van der Waals surface area contributed by atoms with Crippen molar-refractivity contribution in [1.82, 2.24) is 4.90 Å². The fraction of sp³-hybridized carbons (Fsp3) is 0.625. The molecule has 0 saturated heterocycles. The average Bonchev–Trinajstić information content (AvgIpc) is 3.18. The molecular weight excluding hydrogens is 239 g/mol. The van der Waals surface area contributed by atoms with Crippen LogP contribution in [-0.2, 0) is 0 Å². The first-order valence-electron chi connectivity index (χ1n) is 7.32. The number of nitrogens with two attached hydrogens (primary N) is 1. The first-order valence-corrected chi connectivity index (χ1v) is 7.32. The molecule has 0 aromatic heterocycles. The zero-order valence-electron chi connectivity index (χ0n) is 12.0. The van der Waals surface area contributed by atoms with E-state index in [4.69, 9.17) is 5.73 Å². The van der Waals surface area contributed by atoms with E-state index in [1.165, 1.54) is 25.5 Å². The Bertz CT molecular complexity index is 401. The van der Waals surface area contributed by atoms with E-state index in [1.54, 1.807) is 12.1 Å². The van der Waals surface area contributed by atoms with Crippen molar-refractivity contribution in [2.45, 2.75) is 45.2 Å². The van der Waals surface area contributed by atoms with Crippen LogP contribution >= 0.6 is 0 Å². The molecule has 1 saturated carbocycles. The molecule has 0 radical (unpaired) electrons. The van der Waals surface area contributed by atoms with Gasteiger partial charge in [-0.3, -0.25) is 0 Å². The molecule has 1 unspecified atom stereocenters. The van der Waals surface area contributed by atoms with Crippen molar-refractivity contribution in [2.24, 2.45) is 11.7 Å². The molecule has 106 valence electrons. The summed E-state index contributed by atoms with van der Waals surface area (Å²) >= 11 is 0. The second-order valence-electron chi connectivity index (χ2n) is 5.95. The second kappa shape index (κ2) is 6.49. The third kappa shape index (κ3) is 4.29. The van der Waals surface area contributed by atoms with E-state index in [-0.39, 0.29) is 11.9 Å². The zero-order valence-corrected chi connectivity index (χ0v) is 12.0. The lowest BCUT2D eigenvalue weighted by atomic mass is 10.0. The van der Waals surface area contributed by atoms with Crippen molar-refractivity contribution in [2.75, 3.05) is 13.1 Å². The smallest absolute Gasteiger partial charge is 0.127 e. The Morgan fingerprint density at radius 1 is 1.32 bits per heavy atom. The maximum atomic E-state index is 13.6. The van der Waals surface area contributed by atoms with E-state index in [2.05, 4.69) is 18.7 Å². The van der Waals surface area contributed by atoms with Crippen molar-refractivity contribution < 1.29 is 4.39 Å². The summed E-state index contributed by atoms with van der Waals surface area (Å²) in [6.45, 7) is 6.55. The second-order valence-corrected chi connectivity index (χ2v) is 5.95. The molecule has 1 fully saturated rings. The molecule has 2 rings (SSSR count). The molecule has 0 spiro atoms. The highest BCUT2D eigenvalue weighted by Crippen LogP contribution is 2.30. The van der Waals surface area contributed by atoms with Crippen molar-refractivity contribution >= 4 is 0 Å². The monoisotopic (exact) mass is 264 g/mol. The number of hydrogen-bond donors (Lipinski definition) is 1.